The third-order valence-corrected chi connectivity index (χ3v) is 5.93. The maximum atomic E-state index is 12.7. The van der Waals surface area contributed by atoms with Crippen molar-refractivity contribution in [1.29, 1.82) is 0 Å². The summed E-state index contributed by atoms with van der Waals surface area (Å²) in [5.41, 5.74) is 1.69. The molecule has 0 unspecified atom stereocenters. The monoisotopic (exact) mass is 452 g/mol. The van der Waals surface area contributed by atoms with E-state index in [2.05, 4.69) is 22.1 Å². The van der Waals surface area contributed by atoms with Gasteiger partial charge in [-0.15, -0.1) is 16.8 Å². The van der Waals surface area contributed by atoms with E-state index >= 15 is 0 Å². The zero-order chi connectivity index (χ0) is 22.5. The Morgan fingerprint density at radius 1 is 1.28 bits per heavy atom. The maximum absolute atomic E-state index is 12.7. The minimum atomic E-state index is -0.404. The normalized spacial score (nSPS) is 12.9. The zero-order valence-corrected chi connectivity index (χ0v) is 18.7. The lowest BCUT2D eigenvalue weighted by atomic mass is 10.2. The fraction of sp³-hybridized carbons (Fsp3) is 0.261. The van der Waals surface area contributed by atoms with E-state index < -0.39 is 5.25 Å². The lowest BCUT2D eigenvalue weighted by molar-refractivity contribution is -0.115. The number of hydrogen-bond donors (Lipinski definition) is 1. The highest BCUT2D eigenvalue weighted by Gasteiger charge is 2.21. The van der Waals surface area contributed by atoms with Crippen LogP contribution in [0.5, 0.6) is 17.2 Å². The van der Waals surface area contributed by atoms with E-state index in [1.807, 2.05) is 42.7 Å². The third-order valence-electron chi connectivity index (χ3n) is 4.85. The van der Waals surface area contributed by atoms with Crippen LogP contribution in [0.1, 0.15) is 18.3 Å². The molecule has 2 aromatic carbocycles. The number of aryl methyl sites for hydroxylation is 1. The number of amides is 1. The van der Waals surface area contributed by atoms with E-state index in [0.717, 1.165) is 11.3 Å². The summed E-state index contributed by atoms with van der Waals surface area (Å²) in [5, 5.41) is 11.7. The first-order valence-corrected chi connectivity index (χ1v) is 11.0. The number of hydrogen-bond acceptors (Lipinski definition) is 7. The van der Waals surface area contributed by atoms with Crippen molar-refractivity contribution in [3.63, 3.8) is 0 Å². The Labute approximate surface area is 190 Å². The van der Waals surface area contributed by atoms with Gasteiger partial charge in [0, 0.05) is 18.3 Å². The van der Waals surface area contributed by atoms with Gasteiger partial charge in [0.1, 0.15) is 12.4 Å². The van der Waals surface area contributed by atoms with Crippen LogP contribution in [0.2, 0.25) is 0 Å². The van der Waals surface area contributed by atoms with Gasteiger partial charge in [-0.2, -0.15) is 0 Å². The van der Waals surface area contributed by atoms with Gasteiger partial charge in [-0.25, -0.2) is 0 Å². The van der Waals surface area contributed by atoms with Crippen LogP contribution < -0.4 is 19.5 Å². The topological polar surface area (TPSA) is 87.5 Å². The van der Waals surface area contributed by atoms with Crippen LogP contribution in [0.25, 0.3) is 0 Å². The van der Waals surface area contributed by atoms with Gasteiger partial charge >= 0.3 is 0 Å². The van der Waals surface area contributed by atoms with Crippen molar-refractivity contribution in [3.8, 4) is 17.2 Å². The Bertz CT molecular complexity index is 1130. The molecule has 0 saturated carbocycles. The number of aromatic nitrogens is 3. The Morgan fingerprint density at radius 3 is 2.91 bits per heavy atom. The van der Waals surface area contributed by atoms with Crippen LogP contribution in [0.4, 0.5) is 5.69 Å². The predicted molar refractivity (Wildman–Crippen MR) is 122 cm³/mol. The van der Waals surface area contributed by atoms with Crippen molar-refractivity contribution < 1.29 is 19.0 Å². The standard InChI is InChI=1S/C23H24N4O4S/c1-4-11-27-21(13-29-18-8-6-5-7-15(18)2)25-26-23(27)32-16(3)22(28)24-17-9-10-19-20(12-17)31-14-30-19/h4-10,12,16H,1,11,13-14H2,2-3H3,(H,24,28)/t16-/m1/s1. The molecule has 1 aliphatic rings. The smallest absolute Gasteiger partial charge is 0.237 e. The molecular formula is C23H24N4O4S. The van der Waals surface area contributed by atoms with Gasteiger partial charge in [-0.05, 0) is 37.6 Å². The fourth-order valence-corrected chi connectivity index (χ4v) is 3.99. The van der Waals surface area contributed by atoms with E-state index in [-0.39, 0.29) is 19.3 Å². The molecule has 3 aromatic rings. The largest absolute Gasteiger partial charge is 0.485 e. The number of carbonyl (C=O) groups excluding carboxylic acids is 1. The molecule has 1 N–H and O–H groups in total. The summed E-state index contributed by atoms with van der Waals surface area (Å²) < 4.78 is 18.5. The van der Waals surface area contributed by atoms with Crippen molar-refractivity contribution >= 4 is 23.4 Å². The molecule has 0 fully saturated rings. The highest BCUT2D eigenvalue weighted by atomic mass is 32.2. The summed E-state index contributed by atoms with van der Waals surface area (Å²) in [6.07, 6.45) is 1.77. The Morgan fingerprint density at radius 2 is 2.09 bits per heavy atom. The number of ether oxygens (including phenoxy) is 3. The minimum absolute atomic E-state index is 0.153. The van der Waals surface area contributed by atoms with E-state index in [0.29, 0.717) is 34.7 Å². The summed E-state index contributed by atoms with van der Waals surface area (Å²) in [6.45, 7) is 8.60. The van der Waals surface area contributed by atoms with Gasteiger partial charge < -0.3 is 19.5 Å². The molecule has 0 spiro atoms. The molecule has 8 nitrogen and oxygen atoms in total. The summed E-state index contributed by atoms with van der Waals surface area (Å²) in [4.78, 5) is 12.7. The highest BCUT2D eigenvalue weighted by molar-refractivity contribution is 8.00. The number of allylic oxidation sites excluding steroid dienone is 1. The van der Waals surface area contributed by atoms with E-state index in [4.69, 9.17) is 14.2 Å². The number of anilines is 1. The van der Waals surface area contributed by atoms with Gasteiger partial charge in [0.15, 0.2) is 22.5 Å². The average Bonchev–Trinajstić information content (AvgIpc) is 3.40. The molecule has 166 valence electrons. The summed E-state index contributed by atoms with van der Waals surface area (Å²) >= 11 is 1.33. The molecule has 2 heterocycles. The lowest BCUT2D eigenvalue weighted by Crippen LogP contribution is -2.23. The van der Waals surface area contributed by atoms with Crippen molar-refractivity contribution in [2.45, 2.75) is 37.4 Å². The SMILES string of the molecule is C=CCn1c(COc2ccccc2C)nnc1S[C@H](C)C(=O)Nc1ccc2c(c1)OCO2. The maximum Gasteiger partial charge on any atom is 0.237 e. The number of nitrogens with one attached hydrogen (secondary N) is 1. The summed E-state index contributed by atoms with van der Waals surface area (Å²) in [6, 6.07) is 13.1. The van der Waals surface area contributed by atoms with Crippen LogP contribution in [0.3, 0.4) is 0 Å². The predicted octanol–water partition coefficient (Wildman–Crippen LogP) is 4.20. The highest BCUT2D eigenvalue weighted by Crippen LogP contribution is 2.34. The quantitative estimate of drug-likeness (QED) is 0.385. The molecule has 0 aliphatic carbocycles. The van der Waals surface area contributed by atoms with Crippen LogP contribution in [0, 0.1) is 6.92 Å². The molecule has 0 radical (unpaired) electrons. The number of carbonyl (C=O) groups is 1. The first-order valence-electron chi connectivity index (χ1n) is 10.1. The number of rotatable bonds is 9. The molecule has 32 heavy (non-hydrogen) atoms. The van der Waals surface area contributed by atoms with Crippen molar-refractivity contribution in [3.05, 3.63) is 66.5 Å². The van der Waals surface area contributed by atoms with E-state index in [1.54, 1.807) is 24.3 Å². The van der Waals surface area contributed by atoms with Crippen molar-refractivity contribution in [2.24, 2.45) is 0 Å². The molecule has 1 aromatic heterocycles. The van der Waals surface area contributed by atoms with Crippen molar-refractivity contribution in [2.75, 3.05) is 12.1 Å². The first kappa shape index (κ1) is 21.8. The van der Waals surface area contributed by atoms with E-state index in [9.17, 15) is 4.79 Å². The van der Waals surface area contributed by atoms with Crippen molar-refractivity contribution in [1.82, 2.24) is 14.8 Å². The number of thioether (sulfide) groups is 1. The lowest BCUT2D eigenvalue weighted by Gasteiger charge is -2.13. The molecular weight excluding hydrogens is 428 g/mol. The van der Waals surface area contributed by atoms with Crippen LogP contribution in [0.15, 0.2) is 60.3 Å². The second kappa shape index (κ2) is 9.78. The second-order valence-electron chi connectivity index (χ2n) is 7.17. The van der Waals surface area contributed by atoms with Gasteiger partial charge in [-0.3, -0.25) is 9.36 Å². The molecule has 9 heteroatoms. The number of fused-ring (bicyclic) bond motifs is 1. The Kier molecular flexibility index (Phi) is 6.65. The number of benzene rings is 2. The molecule has 0 bridgehead atoms. The molecule has 1 aliphatic heterocycles. The van der Waals surface area contributed by atoms with Gasteiger partial charge in [-0.1, -0.05) is 36.0 Å². The summed E-state index contributed by atoms with van der Waals surface area (Å²) in [5.74, 6) is 2.60. The molecule has 1 amide bonds. The first-order chi connectivity index (χ1) is 15.5. The van der Waals surface area contributed by atoms with Gasteiger partial charge in [0.05, 0.1) is 5.25 Å². The van der Waals surface area contributed by atoms with E-state index in [1.165, 1.54) is 11.8 Å². The molecule has 1 atom stereocenters. The van der Waals surface area contributed by atoms with Crippen LogP contribution in [-0.2, 0) is 17.9 Å². The molecule has 0 saturated heterocycles. The van der Waals surface area contributed by atoms with Crippen LogP contribution in [-0.4, -0.2) is 32.7 Å². The fourth-order valence-electron chi connectivity index (χ4n) is 3.12. The van der Waals surface area contributed by atoms with Gasteiger partial charge in [0.25, 0.3) is 0 Å². The number of para-hydroxylation sites is 1. The zero-order valence-electron chi connectivity index (χ0n) is 17.9. The Hall–Kier alpha value is -3.46. The second-order valence-corrected chi connectivity index (χ2v) is 8.48. The Balaban J connectivity index is 1.41. The third kappa shape index (κ3) is 4.88. The molecule has 4 rings (SSSR count). The van der Waals surface area contributed by atoms with Gasteiger partial charge in [0.2, 0.25) is 12.7 Å². The average molecular weight is 453 g/mol. The summed E-state index contributed by atoms with van der Waals surface area (Å²) in [7, 11) is 0. The minimum Gasteiger partial charge on any atom is -0.485 e. The van der Waals surface area contributed by atoms with Crippen LogP contribution >= 0.6 is 11.8 Å². The number of nitrogens with zero attached hydrogens (tertiary/aromatic N) is 3.